The van der Waals surface area contributed by atoms with Gasteiger partial charge in [-0.1, -0.05) is 71.0 Å². The number of aromatic nitrogens is 1. The van der Waals surface area contributed by atoms with E-state index < -0.39 is 13.2 Å². The van der Waals surface area contributed by atoms with Crippen LogP contribution in [-0.4, -0.2) is 59.4 Å². The Kier molecular flexibility index (Phi) is 8.29. The van der Waals surface area contributed by atoms with Crippen LogP contribution in [0.2, 0.25) is 0 Å². The van der Waals surface area contributed by atoms with Gasteiger partial charge in [0.2, 0.25) is 6.10 Å². The van der Waals surface area contributed by atoms with Gasteiger partial charge in [-0.15, -0.1) is 0 Å². The molecule has 9 nitrogen and oxygen atoms in total. The summed E-state index contributed by atoms with van der Waals surface area (Å²) in [5.41, 5.74) is 0.928. The van der Waals surface area contributed by atoms with Gasteiger partial charge in [0.25, 0.3) is 11.8 Å². The molecule has 10 heteroatoms. The lowest BCUT2D eigenvalue weighted by Gasteiger charge is -2.64. The number of nitrogens with one attached hydrogen (secondary N) is 2. The molecule has 2 aliphatic heterocycles. The number of nitrogens with zero attached hydrogens (tertiary/aromatic N) is 2. The van der Waals surface area contributed by atoms with Crippen LogP contribution in [-0.2, 0) is 18.9 Å². The van der Waals surface area contributed by atoms with E-state index in [4.69, 9.17) is 14.1 Å². The molecular weight excluding hydrogens is 555 g/mol. The normalized spacial score (nSPS) is 29.9. The lowest BCUT2D eigenvalue weighted by molar-refractivity contribution is -0.199. The number of fused-ring (bicyclic) bond motifs is 1. The Morgan fingerprint density at radius 1 is 1.02 bits per heavy atom. The summed E-state index contributed by atoms with van der Waals surface area (Å²) in [4.78, 5) is 37.2. The van der Waals surface area contributed by atoms with Crippen LogP contribution in [0.15, 0.2) is 41.7 Å². The third-order valence-corrected chi connectivity index (χ3v) is 10.6. The summed E-state index contributed by atoms with van der Waals surface area (Å²) in [7, 11) is -0.505. The minimum atomic E-state index is -0.784. The lowest BCUT2D eigenvalue weighted by atomic mass is 9.43. The number of hydrogen-bond donors (Lipinski definition) is 2. The zero-order valence-electron chi connectivity index (χ0n) is 27.1. The van der Waals surface area contributed by atoms with Gasteiger partial charge in [0.15, 0.2) is 0 Å². The third-order valence-electron chi connectivity index (χ3n) is 10.6. The number of carbonyl (C=O) groups is 2. The molecule has 7 rings (SSSR count). The second kappa shape index (κ2) is 11.8. The number of amides is 2. The van der Waals surface area contributed by atoms with Crippen LogP contribution in [0, 0.1) is 29.1 Å². The average molecular weight is 603 g/mol. The van der Waals surface area contributed by atoms with Crippen LogP contribution < -0.4 is 10.6 Å². The van der Waals surface area contributed by atoms with Crippen molar-refractivity contribution in [1.29, 1.82) is 0 Å². The van der Waals surface area contributed by atoms with E-state index in [0.717, 1.165) is 23.6 Å². The van der Waals surface area contributed by atoms with E-state index in [1.807, 2.05) is 30.3 Å². The third kappa shape index (κ3) is 5.64. The molecule has 7 atom stereocenters. The van der Waals surface area contributed by atoms with Gasteiger partial charge < -0.3 is 24.8 Å². The highest BCUT2D eigenvalue weighted by atomic mass is 16.7. The molecule has 4 fully saturated rings. The number of pyridine rings is 1. The number of carbonyl (C=O) groups excluding carboxylic acids is 2. The van der Waals surface area contributed by atoms with Crippen molar-refractivity contribution < 1.29 is 23.7 Å². The summed E-state index contributed by atoms with van der Waals surface area (Å²) in [6.07, 6.45) is 4.77. The predicted molar refractivity (Wildman–Crippen MR) is 171 cm³/mol. The maximum atomic E-state index is 13.6. The molecule has 5 aliphatic rings. The van der Waals surface area contributed by atoms with E-state index in [-0.39, 0.29) is 46.8 Å². The van der Waals surface area contributed by atoms with Gasteiger partial charge in [-0.2, -0.15) is 0 Å². The summed E-state index contributed by atoms with van der Waals surface area (Å²) < 4.78 is 13.3. The maximum Gasteiger partial charge on any atom is 0.481 e. The van der Waals surface area contributed by atoms with Gasteiger partial charge in [-0.3, -0.25) is 14.6 Å². The van der Waals surface area contributed by atoms with Crippen molar-refractivity contribution >= 4 is 35.4 Å². The number of hydrogen-bond acceptors (Lipinski definition) is 7. The Hall–Kier alpha value is -2.98. The Morgan fingerprint density at radius 2 is 1.77 bits per heavy atom. The Morgan fingerprint density at radius 3 is 2.50 bits per heavy atom. The van der Waals surface area contributed by atoms with Crippen LogP contribution in [0.5, 0.6) is 0 Å². The largest absolute Gasteiger partial charge is 0.481 e. The van der Waals surface area contributed by atoms with Crippen molar-refractivity contribution in [3.05, 3.63) is 42.2 Å². The topological polar surface area (TPSA) is 111 Å². The molecule has 3 aliphatic carbocycles. The lowest BCUT2D eigenvalue weighted by Crippen LogP contribution is -2.65. The van der Waals surface area contributed by atoms with Crippen molar-refractivity contribution in [2.75, 3.05) is 0 Å². The summed E-state index contributed by atoms with van der Waals surface area (Å²) in [6, 6.07) is 9.21. The van der Waals surface area contributed by atoms with E-state index >= 15 is 0 Å². The van der Waals surface area contributed by atoms with Gasteiger partial charge in [-0.05, 0) is 73.1 Å². The second-order valence-corrected chi connectivity index (χ2v) is 15.0. The Balaban J connectivity index is 1.12. The van der Waals surface area contributed by atoms with Crippen LogP contribution >= 0.6 is 0 Å². The summed E-state index contributed by atoms with van der Waals surface area (Å²) in [5.74, 6) is 0.904. The molecule has 2 bridgehead atoms. The van der Waals surface area contributed by atoms with Crippen LogP contribution in [0.1, 0.15) is 91.1 Å². The molecule has 3 heterocycles. The predicted octanol–water partition coefficient (Wildman–Crippen LogP) is 5.32. The van der Waals surface area contributed by atoms with Crippen molar-refractivity contribution in [3.8, 4) is 0 Å². The molecule has 44 heavy (non-hydrogen) atoms. The molecule has 1 aromatic heterocycles. The highest BCUT2D eigenvalue weighted by Gasteiger charge is 2.68. The summed E-state index contributed by atoms with van der Waals surface area (Å²) in [5, 5.41) is 12.4. The Bertz CT molecular complexity index is 1440. The van der Waals surface area contributed by atoms with E-state index in [0.29, 0.717) is 42.0 Å². The van der Waals surface area contributed by atoms with Crippen molar-refractivity contribution in [2.45, 2.75) is 110 Å². The van der Waals surface area contributed by atoms with E-state index in [2.05, 4.69) is 69.2 Å². The monoisotopic (exact) mass is 602 g/mol. The van der Waals surface area contributed by atoms with E-state index in [1.54, 1.807) is 6.20 Å². The van der Waals surface area contributed by atoms with Gasteiger partial charge in [0.1, 0.15) is 5.69 Å². The van der Waals surface area contributed by atoms with Gasteiger partial charge in [-0.25, -0.2) is 0 Å². The van der Waals surface area contributed by atoms with Gasteiger partial charge in [0.05, 0.1) is 29.4 Å². The highest BCUT2D eigenvalue weighted by molar-refractivity contribution is 6.48. The second-order valence-electron chi connectivity index (χ2n) is 15.0. The summed E-state index contributed by atoms with van der Waals surface area (Å²) in [6.45, 7) is 15.4. The standard InChI is InChI=1S/C34H47BN4O5/c1-19(2)14-24(37-32(41)30-23-11-9-8-10-21(23)12-13-36-30)25-18-26(43-39-25)31(40)38-29(15-20(3)4)35-42-28-17-22-16-27(33(22,5)6)34(28,7)44-35/h8-13,19-20,22,24,26-29H,14-18H2,1-7H3,(H,37,41)(H,38,40)/t22-,24-,26?,27-,28+,29-,34-/m0/s1. The minimum absolute atomic E-state index is 0.0464. The first-order valence-corrected chi connectivity index (χ1v) is 16.4. The molecule has 236 valence electrons. The number of benzene rings is 1. The molecule has 1 saturated heterocycles. The zero-order valence-corrected chi connectivity index (χ0v) is 27.1. The first-order chi connectivity index (χ1) is 20.9. The SMILES string of the molecule is CC(C)C[C@H](NC(=O)C1CC([C@H](CC(C)C)NC(=O)c2nccc3ccccc23)=NO1)B1O[C@@H]2C[C@@H]3C[C@@H](C3(C)C)[C@]2(C)O1. The number of oxime groups is 1. The quantitative estimate of drug-likeness (QED) is 0.356. The van der Waals surface area contributed by atoms with Gasteiger partial charge >= 0.3 is 7.12 Å². The average Bonchev–Trinajstić information content (AvgIpc) is 3.60. The van der Waals surface area contributed by atoms with Crippen LogP contribution in [0.3, 0.4) is 0 Å². The minimum Gasteiger partial charge on any atom is -0.404 e. The smallest absolute Gasteiger partial charge is 0.404 e. The van der Waals surface area contributed by atoms with Crippen molar-refractivity contribution in [3.63, 3.8) is 0 Å². The maximum absolute atomic E-state index is 13.6. The van der Waals surface area contributed by atoms with E-state index in [9.17, 15) is 9.59 Å². The molecule has 3 saturated carbocycles. The molecule has 1 aromatic carbocycles. The molecule has 0 spiro atoms. The molecule has 2 aromatic rings. The van der Waals surface area contributed by atoms with Crippen molar-refractivity contribution in [1.82, 2.24) is 15.6 Å². The Labute approximate surface area is 261 Å². The fraction of sp³-hybridized carbons (Fsp3) is 0.647. The molecule has 2 N–H and O–H groups in total. The van der Waals surface area contributed by atoms with Crippen LogP contribution in [0.4, 0.5) is 0 Å². The first-order valence-electron chi connectivity index (χ1n) is 16.4. The van der Waals surface area contributed by atoms with Gasteiger partial charge in [0, 0.05) is 18.0 Å². The fourth-order valence-electron chi connectivity index (χ4n) is 8.11. The fourth-order valence-corrected chi connectivity index (χ4v) is 8.11. The first kappa shape index (κ1) is 31.0. The zero-order chi connectivity index (χ0) is 31.4. The van der Waals surface area contributed by atoms with Crippen molar-refractivity contribution in [2.24, 2.45) is 34.2 Å². The highest BCUT2D eigenvalue weighted by Crippen LogP contribution is 2.65. The molecular formula is C34H47BN4O5. The molecule has 0 radical (unpaired) electrons. The summed E-state index contributed by atoms with van der Waals surface area (Å²) >= 11 is 0. The molecule has 1 unspecified atom stereocenters. The van der Waals surface area contributed by atoms with Crippen LogP contribution in [0.25, 0.3) is 10.8 Å². The molecule has 2 amide bonds. The van der Waals surface area contributed by atoms with E-state index in [1.165, 1.54) is 6.42 Å². The number of rotatable bonds is 10.